The molecule has 0 aliphatic carbocycles. The summed E-state index contributed by atoms with van der Waals surface area (Å²) in [5.41, 5.74) is 2.93. The SMILES string of the molecule is [2H]C([2H])([2H])c1ccc2c(n1)oc1c(-c3cc(C([2H])([2H])C(C)C)ccn3)[c-]ccc12.[2H]C([2H])([2H])c1cnc(-c2[c-]cccc2)cc1C([2H])([2H])[2H].[Ir]. The van der Waals surface area contributed by atoms with E-state index in [2.05, 4.69) is 27.1 Å². The molecule has 4 heterocycles. The average molecular weight is 701 g/mol. The Morgan fingerprint density at radius 2 is 1.79 bits per heavy atom. The first kappa shape index (κ1) is 17.1. The van der Waals surface area contributed by atoms with Crippen molar-refractivity contribution in [1.29, 1.82) is 0 Å². The molecule has 0 atom stereocenters. The van der Waals surface area contributed by atoms with E-state index in [1.807, 2.05) is 19.9 Å². The predicted molar refractivity (Wildman–Crippen MR) is 155 cm³/mol. The Morgan fingerprint density at radius 3 is 2.56 bits per heavy atom. The summed E-state index contributed by atoms with van der Waals surface area (Å²) in [6, 6.07) is 24.5. The van der Waals surface area contributed by atoms with Crippen LogP contribution in [0.1, 0.15) is 51.3 Å². The summed E-state index contributed by atoms with van der Waals surface area (Å²) >= 11 is 0. The maximum Gasteiger partial charge on any atom is 0.216 e. The van der Waals surface area contributed by atoms with Crippen LogP contribution < -0.4 is 0 Å². The molecule has 0 N–H and O–H groups in total. The van der Waals surface area contributed by atoms with E-state index < -0.39 is 26.9 Å². The first-order chi connectivity index (χ1) is 22.8. The predicted octanol–water partition coefficient (Wildman–Crippen LogP) is 8.51. The fourth-order valence-corrected chi connectivity index (χ4v) is 3.96. The van der Waals surface area contributed by atoms with Crippen molar-refractivity contribution in [2.75, 3.05) is 0 Å². The topological polar surface area (TPSA) is 51.8 Å². The third kappa shape index (κ3) is 6.50. The number of hydrogen-bond donors (Lipinski definition) is 0. The fraction of sp³-hybridized carbons (Fsp3) is 0.206. The summed E-state index contributed by atoms with van der Waals surface area (Å²) < 4.78 is 90.0. The van der Waals surface area contributed by atoms with Crippen molar-refractivity contribution in [1.82, 2.24) is 15.0 Å². The molecule has 0 amide bonds. The summed E-state index contributed by atoms with van der Waals surface area (Å²) in [4.78, 5) is 12.6. The number of hydrogen-bond acceptors (Lipinski definition) is 4. The van der Waals surface area contributed by atoms with Crippen LogP contribution in [0.25, 0.3) is 44.6 Å². The van der Waals surface area contributed by atoms with Gasteiger partial charge in [0.1, 0.15) is 0 Å². The van der Waals surface area contributed by atoms with Crippen LogP contribution in [-0.2, 0) is 26.5 Å². The summed E-state index contributed by atoms with van der Waals surface area (Å²) in [6.07, 6.45) is 1.19. The van der Waals surface area contributed by atoms with Gasteiger partial charge >= 0.3 is 0 Å². The van der Waals surface area contributed by atoms with Crippen molar-refractivity contribution in [2.45, 2.75) is 40.8 Å². The number of rotatable bonds is 4. The molecule has 0 fully saturated rings. The van der Waals surface area contributed by atoms with E-state index in [9.17, 15) is 0 Å². The molecule has 2 aromatic carbocycles. The fourth-order valence-electron chi connectivity index (χ4n) is 3.96. The van der Waals surface area contributed by atoms with Crippen LogP contribution in [-0.4, -0.2) is 15.0 Å². The van der Waals surface area contributed by atoms with E-state index in [1.165, 1.54) is 12.1 Å². The van der Waals surface area contributed by atoms with Gasteiger partial charge in [-0.1, -0.05) is 48.1 Å². The second-order valence-electron chi connectivity index (χ2n) is 8.87. The summed E-state index contributed by atoms with van der Waals surface area (Å²) in [7, 11) is 0. The van der Waals surface area contributed by atoms with Gasteiger partial charge < -0.3 is 14.4 Å². The third-order valence-corrected chi connectivity index (χ3v) is 5.66. The second-order valence-corrected chi connectivity index (χ2v) is 8.87. The number of aromatic nitrogens is 3. The van der Waals surface area contributed by atoms with Crippen molar-refractivity contribution in [3.8, 4) is 22.5 Å². The minimum Gasteiger partial charge on any atom is -0.486 e. The van der Waals surface area contributed by atoms with Crippen molar-refractivity contribution in [3.63, 3.8) is 0 Å². The Labute approximate surface area is 259 Å². The Morgan fingerprint density at radius 1 is 0.897 bits per heavy atom. The summed E-state index contributed by atoms with van der Waals surface area (Å²) in [6.45, 7) is -3.66. The van der Waals surface area contributed by atoms with Gasteiger partial charge in [0.2, 0.25) is 5.71 Å². The van der Waals surface area contributed by atoms with Crippen LogP contribution in [0.15, 0.2) is 83.5 Å². The van der Waals surface area contributed by atoms with Crippen molar-refractivity contribution < 1.29 is 39.6 Å². The minimum absolute atomic E-state index is 0. The van der Waals surface area contributed by atoms with E-state index in [1.54, 1.807) is 54.7 Å². The molecule has 6 aromatic rings. The first-order valence-corrected chi connectivity index (χ1v) is 12.0. The molecular formula is C34H31IrN3O-2. The molecule has 1 radical (unpaired) electrons. The molecule has 0 aliphatic rings. The Kier molecular flexibility index (Phi) is 5.47. The molecule has 4 aromatic heterocycles. The monoisotopic (exact) mass is 701 g/mol. The van der Waals surface area contributed by atoms with Gasteiger partial charge in [0.05, 0.1) is 5.58 Å². The molecule has 0 bridgehead atoms. The average Bonchev–Trinajstić information content (AvgIpc) is 3.42. The minimum atomic E-state index is -2.50. The molecule has 5 heteroatoms. The molecule has 39 heavy (non-hydrogen) atoms. The van der Waals surface area contributed by atoms with E-state index in [-0.39, 0.29) is 48.6 Å². The van der Waals surface area contributed by atoms with Crippen molar-refractivity contribution >= 4 is 22.1 Å². The van der Waals surface area contributed by atoms with Gasteiger partial charge in [-0.15, -0.1) is 54.1 Å². The van der Waals surface area contributed by atoms with E-state index >= 15 is 0 Å². The number of nitrogens with zero attached hydrogens (tertiary/aromatic N) is 3. The van der Waals surface area contributed by atoms with Gasteiger partial charge in [-0.2, -0.15) is 0 Å². The van der Waals surface area contributed by atoms with E-state index in [0.29, 0.717) is 39.0 Å². The molecule has 0 saturated heterocycles. The van der Waals surface area contributed by atoms with E-state index in [0.717, 1.165) is 11.6 Å². The Bertz CT molecular complexity index is 2110. The number of pyridine rings is 3. The zero-order valence-electron chi connectivity index (χ0n) is 32.2. The zero-order chi connectivity index (χ0) is 35.9. The number of furan rings is 1. The quantitative estimate of drug-likeness (QED) is 0.173. The summed E-state index contributed by atoms with van der Waals surface area (Å²) in [5, 5.41) is 1.48. The third-order valence-electron chi connectivity index (χ3n) is 5.66. The number of fused-ring (bicyclic) bond motifs is 3. The smallest absolute Gasteiger partial charge is 0.216 e. The Balaban J connectivity index is 0.000000236. The molecule has 6 rings (SSSR count). The van der Waals surface area contributed by atoms with Crippen LogP contribution in [0.3, 0.4) is 0 Å². The van der Waals surface area contributed by atoms with E-state index in [4.69, 9.17) is 19.5 Å². The van der Waals surface area contributed by atoms with Gasteiger partial charge in [0.25, 0.3) is 0 Å². The van der Waals surface area contributed by atoms with Crippen LogP contribution in [0, 0.1) is 38.6 Å². The van der Waals surface area contributed by atoms with Gasteiger partial charge in [0.15, 0.2) is 0 Å². The van der Waals surface area contributed by atoms with Gasteiger partial charge in [-0.3, -0.25) is 0 Å². The van der Waals surface area contributed by atoms with Crippen molar-refractivity contribution in [2.24, 2.45) is 5.92 Å². The summed E-state index contributed by atoms with van der Waals surface area (Å²) in [5.74, 6) is -0.203. The molecular weight excluding hydrogens is 659 g/mol. The van der Waals surface area contributed by atoms with Crippen LogP contribution in [0.4, 0.5) is 0 Å². The molecule has 0 spiro atoms. The standard InChI is InChI=1S/C21H19N2O.C13H12N.Ir/c1-13(2)11-15-9-10-22-19(12-15)18-6-4-5-16-17-8-7-14(3)23-21(17)24-20(16)18;1-10-8-13(14-9-11(10)2)12-6-4-3-5-7-12;/h4-5,7-10,12-13H,11H2,1-3H3;3-6,8-9H,1-2H3;/q2*-1;/i3D3,11D2;1D3,2D3;. The molecule has 0 aliphatic heterocycles. The van der Waals surface area contributed by atoms with Crippen molar-refractivity contribution in [3.05, 3.63) is 114 Å². The second kappa shape index (κ2) is 12.5. The van der Waals surface area contributed by atoms with Gasteiger partial charge in [-0.05, 0) is 68.0 Å². The number of benzene rings is 2. The van der Waals surface area contributed by atoms with Crippen LogP contribution >= 0.6 is 0 Å². The Hall–Kier alpha value is -3.66. The first-order valence-electron chi connectivity index (χ1n) is 17.5. The zero-order valence-corrected chi connectivity index (χ0v) is 23.6. The van der Waals surface area contributed by atoms with Gasteiger partial charge in [0, 0.05) is 58.7 Å². The maximum absolute atomic E-state index is 8.36. The maximum atomic E-state index is 8.36. The molecule has 199 valence electrons. The largest absolute Gasteiger partial charge is 0.486 e. The van der Waals surface area contributed by atoms with Crippen LogP contribution in [0.5, 0.6) is 0 Å². The normalized spacial score (nSPS) is 16.3. The molecule has 4 nitrogen and oxygen atoms in total. The molecule has 0 saturated carbocycles. The number of aryl methyl sites for hydroxylation is 3. The molecule has 0 unspecified atom stereocenters. The van der Waals surface area contributed by atoms with Gasteiger partial charge in [-0.25, -0.2) is 4.98 Å². The van der Waals surface area contributed by atoms with Crippen LogP contribution in [0.2, 0.25) is 0 Å².